The molecule has 6 nitrogen and oxygen atoms in total. The Bertz CT molecular complexity index is 870. The molecule has 26 heavy (non-hydrogen) atoms. The Morgan fingerprint density at radius 3 is 2.77 bits per heavy atom. The number of nitrogens with zero attached hydrogens (tertiary/aromatic N) is 3. The predicted octanol–water partition coefficient (Wildman–Crippen LogP) is 3.98. The van der Waals surface area contributed by atoms with Crippen LogP contribution in [0.2, 0.25) is 0 Å². The van der Waals surface area contributed by atoms with E-state index < -0.39 is 0 Å². The van der Waals surface area contributed by atoms with E-state index >= 15 is 0 Å². The zero-order valence-electron chi connectivity index (χ0n) is 15.1. The third kappa shape index (κ3) is 4.35. The van der Waals surface area contributed by atoms with Crippen LogP contribution >= 0.6 is 11.8 Å². The van der Waals surface area contributed by atoms with Gasteiger partial charge in [-0.1, -0.05) is 17.7 Å². The third-order valence-electron chi connectivity index (χ3n) is 4.01. The average molecular weight is 370 g/mol. The lowest BCUT2D eigenvalue weighted by Gasteiger charge is -2.12. The molecule has 7 heteroatoms. The summed E-state index contributed by atoms with van der Waals surface area (Å²) in [6.07, 6.45) is 1.66. The molecular weight excluding hydrogens is 348 g/mol. The number of thioether (sulfide) groups is 1. The summed E-state index contributed by atoms with van der Waals surface area (Å²) in [5, 5.41) is 10.9. The summed E-state index contributed by atoms with van der Waals surface area (Å²) in [5.41, 5.74) is 1.24. The van der Waals surface area contributed by atoms with Crippen molar-refractivity contribution in [1.29, 1.82) is 0 Å². The standard InChI is InChI=1S/C19H22N4O2S/c1-4-23-12-20-22-18(23)14(3)21-19(24)17-10-7-15(25-17)11-26-16-8-5-13(2)6-9-16/h5-10,12,14H,4,11H2,1-3H3,(H,21,24). The molecule has 3 rings (SSSR count). The second-order valence-corrected chi connectivity index (χ2v) is 7.09. The number of nitrogens with one attached hydrogen (secondary N) is 1. The molecule has 2 heterocycles. The molecule has 0 aliphatic rings. The van der Waals surface area contributed by atoms with Crippen molar-refractivity contribution >= 4 is 17.7 Å². The van der Waals surface area contributed by atoms with Crippen LogP contribution < -0.4 is 5.32 Å². The van der Waals surface area contributed by atoms with E-state index in [-0.39, 0.29) is 11.9 Å². The van der Waals surface area contributed by atoms with Gasteiger partial charge in [-0.3, -0.25) is 4.79 Å². The lowest BCUT2D eigenvalue weighted by atomic mass is 10.2. The van der Waals surface area contributed by atoms with Gasteiger partial charge in [0.25, 0.3) is 5.91 Å². The number of aromatic nitrogens is 3. The van der Waals surface area contributed by atoms with E-state index in [0.29, 0.717) is 11.5 Å². The second kappa shape index (κ2) is 8.23. The Balaban J connectivity index is 1.58. The molecule has 0 spiro atoms. The van der Waals surface area contributed by atoms with Crippen LogP contribution in [0.4, 0.5) is 0 Å². The molecule has 1 amide bonds. The fourth-order valence-electron chi connectivity index (χ4n) is 2.54. The zero-order chi connectivity index (χ0) is 18.5. The van der Waals surface area contributed by atoms with Crippen LogP contribution in [0.5, 0.6) is 0 Å². The van der Waals surface area contributed by atoms with Crippen LogP contribution in [0, 0.1) is 6.92 Å². The molecule has 1 N–H and O–H groups in total. The SMILES string of the molecule is CCn1cnnc1C(C)NC(=O)c1ccc(CSc2ccc(C)cc2)o1. The first kappa shape index (κ1) is 18.3. The highest BCUT2D eigenvalue weighted by Crippen LogP contribution is 2.24. The minimum Gasteiger partial charge on any atom is -0.455 e. The lowest BCUT2D eigenvalue weighted by molar-refractivity contribution is 0.0908. The molecule has 0 saturated carbocycles. The minimum absolute atomic E-state index is 0.250. The monoisotopic (exact) mass is 370 g/mol. The molecule has 1 unspecified atom stereocenters. The van der Waals surface area contributed by atoms with Gasteiger partial charge < -0.3 is 14.3 Å². The van der Waals surface area contributed by atoms with Crippen LogP contribution in [0.25, 0.3) is 0 Å². The first-order valence-corrected chi connectivity index (χ1v) is 9.52. The van der Waals surface area contributed by atoms with Crippen LogP contribution in [-0.2, 0) is 12.3 Å². The quantitative estimate of drug-likeness (QED) is 0.637. The lowest BCUT2D eigenvalue weighted by Crippen LogP contribution is -2.28. The molecule has 2 aromatic heterocycles. The molecule has 136 valence electrons. The first-order chi connectivity index (χ1) is 12.6. The molecular formula is C19H22N4O2S. The van der Waals surface area contributed by atoms with Crippen LogP contribution in [0.1, 0.15) is 47.6 Å². The Morgan fingerprint density at radius 2 is 2.04 bits per heavy atom. The van der Waals surface area contributed by atoms with Gasteiger partial charge in [-0.05, 0) is 45.0 Å². The summed E-state index contributed by atoms with van der Waals surface area (Å²) >= 11 is 1.68. The minimum atomic E-state index is -0.255. The highest BCUT2D eigenvalue weighted by molar-refractivity contribution is 7.98. The molecule has 0 aliphatic carbocycles. The number of rotatable bonds is 7. The van der Waals surface area contributed by atoms with Crippen molar-refractivity contribution in [3.8, 4) is 0 Å². The largest absolute Gasteiger partial charge is 0.455 e. The van der Waals surface area contributed by atoms with E-state index in [2.05, 4.69) is 46.7 Å². The number of hydrogen-bond acceptors (Lipinski definition) is 5. The smallest absolute Gasteiger partial charge is 0.287 e. The summed E-state index contributed by atoms with van der Waals surface area (Å²) < 4.78 is 7.59. The van der Waals surface area contributed by atoms with Gasteiger partial charge in [-0.25, -0.2) is 0 Å². The predicted molar refractivity (Wildman–Crippen MR) is 101 cm³/mol. The van der Waals surface area contributed by atoms with Crippen molar-refractivity contribution < 1.29 is 9.21 Å². The van der Waals surface area contributed by atoms with Gasteiger partial charge in [0, 0.05) is 11.4 Å². The number of benzene rings is 1. The zero-order valence-corrected chi connectivity index (χ0v) is 15.9. The molecule has 1 atom stereocenters. The van der Waals surface area contributed by atoms with Crippen molar-refractivity contribution in [2.24, 2.45) is 0 Å². The third-order valence-corrected chi connectivity index (χ3v) is 5.04. The van der Waals surface area contributed by atoms with Crippen LogP contribution in [0.15, 0.2) is 52.0 Å². The van der Waals surface area contributed by atoms with Crippen molar-refractivity contribution in [1.82, 2.24) is 20.1 Å². The Morgan fingerprint density at radius 1 is 1.27 bits per heavy atom. The van der Waals surface area contributed by atoms with E-state index in [1.54, 1.807) is 24.2 Å². The fraction of sp³-hybridized carbons (Fsp3) is 0.316. The maximum atomic E-state index is 12.4. The van der Waals surface area contributed by atoms with Crippen molar-refractivity contribution in [3.05, 3.63) is 65.6 Å². The van der Waals surface area contributed by atoms with Crippen LogP contribution in [-0.4, -0.2) is 20.7 Å². The Hall–Kier alpha value is -2.54. The van der Waals surface area contributed by atoms with Gasteiger partial charge >= 0.3 is 0 Å². The molecule has 1 aromatic carbocycles. The first-order valence-electron chi connectivity index (χ1n) is 8.53. The highest BCUT2D eigenvalue weighted by atomic mass is 32.2. The van der Waals surface area contributed by atoms with Crippen molar-refractivity contribution in [3.63, 3.8) is 0 Å². The van der Waals surface area contributed by atoms with E-state index in [9.17, 15) is 4.79 Å². The molecule has 0 bridgehead atoms. The van der Waals surface area contributed by atoms with E-state index in [1.165, 1.54) is 10.5 Å². The van der Waals surface area contributed by atoms with Gasteiger partial charge in [0.2, 0.25) is 0 Å². The fourth-order valence-corrected chi connectivity index (χ4v) is 3.33. The van der Waals surface area contributed by atoms with Gasteiger partial charge in [0.05, 0.1) is 11.8 Å². The Labute approximate surface area is 157 Å². The molecule has 0 saturated heterocycles. The van der Waals surface area contributed by atoms with Crippen LogP contribution in [0.3, 0.4) is 0 Å². The second-order valence-electron chi connectivity index (χ2n) is 6.04. The normalized spacial score (nSPS) is 12.1. The highest BCUT2D eigenvalue weighted by Gasteiger charge is 2.18. The van der Waals surface area contributed by atoms with Gasteiger partial charge in [-0.2, -0.15) is 0 Å². The number of hydrogen-bond donors (Lipinski definition) is 1. The summed E-state index contributed by atoms with van der Waals surface area (Å²) in [5.74, 6) is 2.22. The van der Waals surface area contributed by atoms with Crippen molar-refractivity contribution in [2.75, 3.05) is 0 Å². The average Bonchev–Trinajstić information content (AvgIpc) is 3.30. The maximum Gasteiger partial charge on any atom is 0.287 e. The van der Waals surface area contributed by atoms with Crippen molar-refractivity contribution in [2.45, 2.75) is 44.0 Å². The number of aryl methyl sites for hydroxylation is 2. The van der Waals surface area contributed by atoms with E-state index in [1.807, 2.05) is 24.5 Å². The summed E-state index contributed by atoms with van der Waals surface area (Å²) in [6.45, 7) is 6.70. The molecule has 0 fully saturated rings. The van der Waals surface area contributed by atoms with Gasteiger partial charge in [0.15, 0.2) is 11.6 Å². The molecule has 3 aromatic rings. The van der Waals surface area contributed by atoms with Gasteiger partial charge in [0.1, 0.15) is 12.1 Å². The topological polar surface area (TPSA) is 73.0 Å². The summed E-state index contributed by atoms with van der Waals surface area (Å²) in [6, 6.07) is 11.6. The van der Waals surface area contributed by atoms with E-state index in [0.717, 1.165) is 18.1 Å². The summed E-state index contributed by atoms with van der Waals surface area (Å²) in [7, 11) is 0. The number of carbonyl (C=O) groups is 1. The number of carbonyl (C=O) groups excluding carboxylic acids is 1. The van der Waals surface area contributed by atoms with E-state index in [4.69, 9.17) is 4.42 Å². The molecule has 0 radical (unpaired) electrons. The number of furan rings is 1. The van der Waals surface area contributed by atoms with Gasteiger partial charge in [-0.15, -0.1) is 22.0 Å². The summed E-state index contributed by atoms with van der Waals surface area (Å²) in [4.78, 5) is 13.6. The Kier molecular flexibility index (Phi) is 5.78. The maximum absolute atomic E-state index is 12.4. The molecule has 0 aliphatic heterocycles. The number of amides is 1.